The molecule has 2 aliphatic carbocycles. The summed E-state index contributed by atoms with van der Waals surface area (Å²) in [5.74, 6) is 0.270. The molecule has 6 rings (SSSR count). The predicted octanol–water partition coefficient (Wildman–Crippen LogP) is 1.58. The Hall–Kier alpha value is -3.73. The van der Waals surface area contributed by atoms with E-state index in [1.807, 2.05) is 6.08 Å². The highest BCUT2D eigenvalue weighted by Crippen LogP contribution is 2.33. The zero-order chi connectivity index (χ0) is 31.8. The monoisotopic (exact) mass is 657 g/mol. The minimum atomic E-state index is -3.54. The van der Waals surface area contributed by atoms with Gasteiger partial charge in [0.15, 0.2) is 21.3 Å². The molecule has 3 aromatic rings. The van der Waals surface area contributed by atoms with Crippen LogP contribution in [0.3, 0.4) is 0 Å². The summed E-state index contributed by atoms with van der Waals surface area (Å²) in [5.41, 5.74) is 8.43. The quantitative estimate of drug-likeness (QED) is 0.234. The van der Waals surface area contributed by atoms with Gasteiger partial charge in [-0.2, -0.15) is 9.19 Å². The summed E-state index contributed by atoms with van der Waals surface area (Å²) in [6.07, 6.45) is 15.1. The number of hydrogen-bond acceptors (Lipinski definition) is 12. The first-order chi connectivity index (χ1) is 21.5. The van der Waals surface area contributed by atoms with Crippen molar-refractivity contribution in [3.05, 3.63) is 72.3 Å². The van der Waals surface area contributed by atoms with E-state index in [9.17, 15) is 21.2 Å². The fraction of sp³-hybridized carbons (Fsp3) is 0.448. The van der Waals surface area contributed by atoms with Crippen molar-refractivity contribution in [3.8, 4) is 11.4 Å². The Morgan fingerprint density at radius 3 is 2.47 bits per heavy atom. The van der Waals surface area contributed by atoms with E-state index in [0.717, 1.165) is 36.0 Å². The number of sulfone groups is 1. The highest BCUT2D eigenvalue weighted by molar-refractivity contribution is 7.91. The van der Waals surface area contributed by atoms with Crippen LogP contribution in [0.5, 0.6) is 0 Å². The van der Waals surface area contributed by atoms with E-state index in [0.29, 0.717) is 47.6 Å². The molecule has 1 unspecified atom stereocenters. The molecule has 0 aromatic carbocycles. The summed E-state index contributed by atoms with van der Waals surface area (Å²) in [6.45, 7) is -0.0576. The maximum atomic E-state index is 12.7. The second-order valence-corrected chi connectivity index (χ2v) is 15.8. The number of dihydropyridines is 1. The first-order valence-electron chi connectivity index (χ1n) is 14.8. The number of pyridine rings is 1. The van der Waals surface area contributed by atoms with Gasteiger partial charge in [-0.25, -0.2) is 31.2 Å². The van der Waals surface area contributed by atoms with E-state index < -0.39 is 37.4 Å². The Labute approximate surface area is 261 Å². The van der Waals surface area contributed by atoms with Gasteiger partial charge in [0.1, 0.15) is 6.67 Å². The van der Waals surface area contributed by atoms with E-state index in [1.165, 1.54) is 24.7 Å². The highest BCUT2D eigenvalue weighted by Gasteiger charge is 2.38. The molecule has 45 heavy (non-hydrogen) atoms. The fourth-order valence-electron chi connectivity index (χ4n) is 5.58. The van der Waals surface area contributed by atoms with Crippen LogP contribution in [0.4, 0.5) is 4.39 Å². The molecule has 2 fully saturated rings. The number of nitrogens with zero attached hydrogens (tertiary/aromatic N) is 5. The van der Waals surface area contributed by atoms with Crippen molar-refractivity contribution in [2.45, 2.75) is 66.4 Å². The van der Waals surface area contributed by atoms with Crippen LogP contribution in [0.1, 0.15) is 49.9 Å². The molecule has 0 amide bonds. The van der Waals surface area contributed by atoms with Gasteiger partial charge in [0.2, 0.25) is 0 Å². The van der Waals surface area contributed by atoms with Gasteiger partial charge in [-0.05, 0) is 62.8 Å². The second kappa shape index (κ2) is 12.2. The van der Waals surface area contributed by atoms with Crippen LogP contribution < -0.4 is 21.7 Å². The number of aromatic nitrogens is 5. The van der Waals surface area contributed by atoms with Crippen molar-refractivity contribution in [1.82, 2.24) is 40.1 Å². The SMILES string of the molecule is CS(=O)(=O)c1ccc(C2=CNC(N)(c3ccnc(-c4cnn(S(=O)(=O)C5CC5)c4)n3)C=C2NC2CCC(NCCF)CC2)nc1. The van der Waals surface area contributed by atoms with Crippen molar-refractivity contribution in [3.63, 3.8) is 0 Å². The molecule has 0 radical (unpaired) electrons. The van der Waals surface area contributed by atoms with Crippen LogP contribution in [-0.2, 0) is 25.5 Å². The Morgan fingerprint density at radius 2 is 1.80 bits per heavy atom. The average molecular weight is 658 g/mol. The molecule has 3 aromatic heterocycles. The van der Waals surface area contributed by atoms with Crippen LogP contribution in [-0.4, -0.2) is 77.8 Å². The van der Waals surface area contributed by atoms with Gasteiger partial charge < -0.3 is 21.7 Å². The molecule has 16 heteroatoms. The van der Waals surface area contributed by atoms with Gasteiger partial charge >= 0.3 is 0 Å². The van der Waals surface area contributed by atoms with Gasteiger partial charge in [0.25, 0.3) is 10.0 Å². The van der Waals surface area contributed by atoms with Crippen molar-refractivity contribution in [2.75, 3.05) is 19.5 Å². The topological polar surface area (TPSA) is 187 Å². The second-order valence-electron chi connectivity index (χ2n) is 11.7. The molecule has 13 nitrogen and oxygen atoms in total. The van der Waals surface area contributed by atoms with Crippen molar-refractivity contribution in [1.29, 1.82) is 0 Å². The van der Waals surface area contributed by atoms with E-state index in [4.69, 9.17) is 5.73 Å². The molecular weight excluding hydrogens is 622 g/mol. The van der Waals surface area contributed by atoms with Crippen molar-refractivity contribution in [2.24, 2.45) is 5.73 Å². The maximum absolute atomic E-state index is 12.7. The summed E-state index contributed by atoms with van der Waals surface area (Å²) < 4.78 is 62.9. The zero-order valence-corrected chi connectivity index (χ0v) is 26.4. The minimum Gasteiger partial charge on any atom is -0.382 e. The number of alkyl halides is 1. The Bertz CT molecular complexity index is 1830. The molecule has 0 bridgehead atoms. The first-order valence-corrected chi connectivity index (χ1v) is 18.2. The predicted molar refractivity (Wildman–Crippen MR) is 166 cm³/mol. The standard InChI is InChI=1S/C29H36FN9O4S2/c1-44(40,41)23-8-9-25(34-16-23)24-17-35-29(31,14-26(24)37-21-4-2-20(3-5-21)32-13-11-30)27-10-12-33-28(38-27)19-15-36-39(18-19)45(42,43)22-6-7-22/h8-10,12,14-18,20-22,32,35,37H,2-7,11,13,31H2,1H3. The van der Waals surface area contributed by atoms with E-state index in [1.54, 1.807) is 24.5 Å². The summed E-state index contributed by atoms with van der Waals surface area (Å²) >= 11 is 0. The Morgan fingerprint density at radius 1 is 1.04 bits per heavy atom. The number of halogens is 1. The number of nitrogens with one attached hydrogen (secondary N) is 3. The Balaban J connectivity index is 1.29. The van der Waals surface area contributed by atoms with Gasteiger partial charge in [0, 0.05) is 54.7 Å². The van der Waals surface area contributed by atoms with Crippen LogP contribution in [0.25, 0.3) is 17.0 Å². The number of nitrogens with two attached hydrogens (primary N) is 1. The fourth-order valence-corrected chi connectivity index (χ4v) is 7.62. The Kier molecular flexibility index (Phi) is 8.49. The van der Waals surface area contributed by atoms with Gasteiger partial charge in [-0.15, -0.1) is 0 Å². The largest absolute Gasteiger partial charge is 0.382 e. The lowest BCUT2D eigenvalue weighted by molar-refractivity contribution is 0.311. The molecule has 0 spiro atoms. The van der Waals surface area contributed by atoms with Gasteiger partial charge in [0.05, 0.1) is 39.5 Å². The lowest BCUT2D eigenvalue weighted by Crippen LogP contribution is -2.50. The van der Waals surface area contributed by atoms with Crippen molar-refractivity contribution >= 4 is 25.4 Å². The van der Waals surface area contributed by atoms with Crippen LogP contribution >= 0.6 is 0 Å². The minimum absolute atomic E-state index is 0.112. The van der Waals surface area contributed by atoms with Crippen molar-refractivity contribution < 1.29 is 21.2 Å². The third-order valence-electron chi connectivity index (χ3n) is 8.28. The van der Waals surface area contributed by atoms with Crippen LogP contribution in [0.2, 0.25) is 0 Å². The molecule has 4 heterocycles. The average Bonchev–Trinajstić information content (AvgIpc) is 3.77. The van der Waals surface area contributed by atoms with E-state index in [2.05, 4.69) is 36.0 Å². The van der Waals surface area contributed by atoms with Crippen LogP contribution in [0.15, 0.2) is 65.9 Å². The number of rotatable bonds is 11. The third kappa shape index (κ3) is 6.78. The summed E-state index contributed by atoms with van der Waals surface area (Å²) in [4.78, 5) is 13.6. The van der Waals surface area contributed by atoms with Crippen LogP contribution in [0, 0.1) is 0 Å². The molecule has 240 valence electrons. The third-order valence-corrected chi connectivity index (χ3v) is 11.4. The number of hydrogen-bond donors (Lipinski definition) is 4. The molecule has 3 aliphatic rings. The zero-order valence-electron chi connectivity index (χ0n) is 24.7. The molecule has 2 saturated carbocycles. The summed E-state index contributed by atoms with van der Waals surface area (Å²) in [7, 11) is -6.96. The molecule has 1 atom stereocenters. The lowest BCUT2D eigenvalue weighted by Gasteiger charge is -2.36. The van der Waals surface area contributed by atoms with Gasteiger partial charge in [-0.1, -0.05) is 0 Å². The molecule has 1 aliphatic heterocycles. The summed E-state index contributed by atoms with van der Waals surface area (Å²) in [6, 6.07) is 5.22. The smallest absolute Gasteiger partial charge is 0.256 e. The molecule has 0 saturated heterocycles. The maximum Gasteiger partial charge on any atom is 0.256 e. The normalized spacial score (nSPS) is 24.0. The molecular formula is C29H36FN9O4S2. The van der Waals surface area contributed by atoms with E-state index in [-0.39, 0.29) is 22.8 Å². The highest BCUT2D eigenvalue weighted by atomic mass is 32.2. The number of allylic oxidation sites excluding steroid dienone is 1. The molecule has 5 N–H and O–H groups in total. The first kappa shape index (κ1) is 31.3. The summed E-state index contributed by atoms with van der Waals surface area (Å²) in [5, 5.41) is 13.7. The van der Waals surface area contributed by atoms with E-state index >= 15 is 0 Å². The van der Waals surface area contributed by atoms with Gasteiger partial charge in [-0.3, -0.25) is 4.98 Å². The lowest BCUT2D eigenvalue weighted by atomic mass is 9.89.